The minimum atomic E-state index is -0.986. The van der Waals surface area contributed by atoms with E-state index in [1.54, 1.807) is 13.8 Å². The summed E-state index contributed by atoms with van der Waals surface area (Å²) in [4.78, 5) is 0. The summed E-state index contributed by atoms with van der Waals surface area (Å²) in [7, 11) is 0. The van der Waals surface area contributed by atoms with Crippen molar-refractivity contribution in [2.24, 2.45) is 0 Å². The van der Waals surface area contributed by atoms with Crippen LogP contribution in [0.1, 0.15) is 26.7 Å². The van der Waals surface area contributed by atoms with Crippen LogP contribution in [0, 0.1) is 0 Å². The minimum Gasteiger partial charge on any atom is -0.390 e. The van der Waals surface area contributed by atoms with E-state index >= 15 is 0 Å². The van der Waals surface area contributed by atoms with Crippen molar-refractivity contribution in [2.75, 3.05) is 0 Å². The molecule has 0 aromatic heterocycles. The standard InChI is InChI=1S/C12H22O7/c1-5-11(15)7(13)3-10(18-5)19-8-4-9(14)17-6(2)12(8)16/h5-16H,3-4H2,1-2H3/t5?,6?,7-,8-,9-,10+,11-,12-/m1/s1. The summed E-state index contributed by atoms with van der Waals surface area (Å²) < 4.78 is 16.1. The second-order valence-electron chi connectivity index (χ2n) is 5.26. The lowest BCUT2D eigenvalue weighted by Crippen LogP contribution is -2.53. The topological polar surface area (TPSA) is 109 Å². The van der Waals surface area contributed by atoms with Gasteiger partial charge in [0.1, 0.15) is 12.2 Å². The molecular formula is C12H22O7. The van der Waals surface area contributed by atoms with Crippen LogP contribution < -0.4 is 0 Å². The van der Waals surface area contributed by atoms with E-state index in [1.807, 2.05) is 0 Å². The Labute approximate surface area is 111 Å². The predicted octanol–water partition coefficient (Wildman–Crippen LogP) is -1.28. The summed E-state index contributed by atoms with van der Waals surface area (Å²) in [6.45, 7) is 3.29. The van der Waals surface area contributed by atoms with Crippen molar-refractivity contribution in [2.45, 2.75) is 75.9 Å². The summed E-state index contributed by atoms with van der Waals surface area (Å²) in [5.74, 6) is 0. The van der Waals surface area contributed by atoms with Gasteiger partial charge in [-0.15, -0.1) is 0 Å². The smallest absolute Gasteiger partial charge is 0.161 e. The molecule has 19 heavy (non-hydrogen) atoms. The molecule has 0 spiro atoms. The maximum Gasteiger partial charge on any atom is 0.161 e. The zero-order valence-corrected chi connectivity index (χ0v) is 11.0. The fourth-order valence-electron chi connectivity index (χ4n) is 2.47. The van der Waals surface area contributed by atoms with Crippen molar-refractivity contribution in [1.82, 2.24) is 0 Å². The van der Waals surface area contributed by atoms with E-state index in [0.29, 0.717) is 0 Å². The molecule has 2 aliphatic rings. The third-order valence-electron chi connectivity index (χ3n) is 3.67. The quantitative estimate of drug-likeness (QED) is 0.498. The Morgan fingerprint density at radius 2 is 1.53 bits per heavy atom. The van der Waals surface area contributed by atoms with Crippen molar-refractivity contribution >= 4 is 0 Å². The van der Waals surface area contributed by atoms with E-state index in [4.69, 9.17) is 14.2 Å². The zero-order chi connectivity index (χ0) is 14.2. The Balaban J connectivity index is 1.93. The van der Waals surface area contributed by atoms with Gasteiger partial charge < -0.3 is 34.6 Å². The van der Waals surface area contributed by atoms with Gasteiger partial charge in [0.25, 0.3) is 0 Å². The number of aliphatic hydroxyl groups is 4. The molecule has 0 amide bonds. The summed E-state index contributed by atoms with van der Waals surface area (Å²) >= 11 is 0. The molecule has 7 heteroatoms. The van der Waals surface area contributed by atoms with Crippen LogP contribution in [0.2, 0.25) is 0 Å². The van der Waals surface area contributed by atoms with E-state index < -0.39 is 49.2 Å². The highest BCUT2D eigenvalue weighted by atomic mass is 16.7. The summed E-state index contributed by atoms with van der Waals surface area (Å²) in [5, 5.41) is 38.7. The Kier molecular flexibility index (Phi) is 4.78. The largest absolute Gasteiger partial charge is 0.390 e. The molecule has 0 saturated carbocycles. The van der Waals surface area contributed by atoms with Gasteiger partial charge in [0.15, 0.2) is 12.6 Å². The average molecular weight is 278 g/mol. The molecule has 112 valence electrons. The van der Waals surface area contributed by atoms with Crippen LogP contribution in [0.25, 0.3) is 0 Å². The Morgan fingerprint density at radius 1 is 0.895 bits per heavy atom. The summed E-state index contributed by atoms with van der Waals surface area (Å²) in [5.41, 5.74) is 0. The van der Waals surface area contributed by atoms with Gasteiger partial charge in [-0.3, -0.25) is 0 Å². The molecule has 4 N–H and O–H groups in total. The van der Waals surface area contributed by atoms with Gasteiger partial charge in [0.05, 0.1) is 24.4 Å². The molecule has 0 aliphatic carbocycles. The second-order valence-corrected chi connectivity index (χ2v) is 5.26. The molecule has 2 aliphatic heterocycles. The summed E-state index contributed by atoms with van der Waals surface area (Å²) in [6.07, 6.45) is -5.89. The molecule has 7 nitrogen and oxygen atoms in total. The van der Waals surface area contributed by atoms with Crippen LogP contribution in [0.3, 0.4) is 0 Å². The molecule has 2 heterocycles. The first kappa shape index (κ1) is 15.1. The first-order valence-corrected chi connectivity index (χ1v) is 6.57. The lowest BCUT2D eigenvalue weighted by atomic mass is 10.0. The molecule has 2 unspecified atom stereocenters. The molecule has 0 radical (unpaired) electrons. The molecule has 8 atom stereocenters. The van der Waals surface area contributed by atoms with Crippen molar-refractivity contribution < 1.29 is 34.6 Å². The van der Waals surface area contributed by atoms with Crippen LogP contribution in [0.15, 0.2) is 0 Å². The number of hydrogen-bond donors (Lipinski definition) is 4. The Morgan fingerprint density at radius 3 is 2.16 bits per heavy atom. The summed E-state index contributed by atoms with van der Waals surface area (Å²) in [6, 6.07) is 0. The zero-order valence-electron chi connectivity index (χ0n) is 11.0. The Hall–Kier alpha value is -0.280. The van der Waals surface area contributed by atoms with Crippen LogP contribution in [-0.4, -0.2) is 69.6 Å². The molecule has 2 fully saturated rings. The highest BCUT2D eigenvalue weighted by Crippen LogP contribution is 2.27. The Bertz CT molecular complexity index is 288. The lowest BCUT2D eigenvalue weighted by Gasteiger charge is -2.40. The fourth-order valence-corrected chi connectivity index (χ4v) is 2.47. The van der Waals surface area contributed by atoms with Gasteiger partial charge >= 0.3 is 0 Å². The number of hydrogen-bond acceptors (Lipinski definition) is 7. The second kappa shape index (κ2) is 6.01. The number of ether oxygens (including phenoxy) is 3. The molecule has 0 aromatic carbocycles. The maximum absolute atomic E-state index is 9.94. The monoisotopic (exact) mass is 278 g/mol. The van der Waals surface area contributed by atoms with E-state index in [9.17, 15) is 20.4 Å². The van der Waals surface area contributed by atoms with Gasteiger partial charge in [-0.2, -0.15) is 0 Å². The SMILES string of the molecule is CC1O[C@@H](O[C@@H]2C[C@H](O)OC(C)[C@H]2O)C[C@@H](O)[C@@H]1O. The van der Waals surface area contributed by atoms with Crippen molar-refractivity contribution in [3.63, 3.8) is 0 Å². The number of aliphatic hydroxyl groups excluding tert-OH is 4. The van der Waals surface area contributed by atoms with Gasteiger partial charge in [-0.05, 0) is 13.8 Å². The fraction of sp³-hybridized carbons (Fsp3) is 1.00. The van der Waals surface area contributed by atoms with Gasteiger partial charge in [0.2, 0.25) is 0 Å². The van der Waals surface area contributed by atoms with Crippen LogP contribution in [0.5, 0.6) is 0 Å². The van der Waals surface area contributed by atoms with E-state index in [0.717, 1.165) is 0 Å². The highest BCUT2D eigenvalue weighted by molar-refractivity contribution is 4.84. The van der Waals surface area contributed by atoms with Crippen molar-refractivity contribution in [3.05, 3.63) is 0 Å². The van der Waals surface area contributed by atoms with Crippen LogP contribution >= 0.6 is 0 Å². The van der Waals surface area contributed by atoms with E-state index in [1.165, 1.54) is 0 Å². The lowest BCUT2D eigenvalue weighted by molar-refractivity contribution is -0.300. The van der Waals surface area contributed by atoms with Crippen molar-refractivity contribution in [3.8, 4) is 0 Å². The van der Waals surface area contributed by atoms with Gasteiger partial charge in [-0.1, -0.05) is 0 Å². The molecule has 2 saturated heterocycles. The molecule has 2 rings (SSSR count). The van der Waals surface area contributed by atoms with Gasteiger partial charge in [0, 0.05) is 12.8 Å². The molecule has 0 aromatic rings. The minimum absolute atomic E-state index is 0.125. The average Bonchev–Trinajstić information content (AvgIpc) is 2.32. The van der Waals surface area contributed by atoms with E-state index in [-0.39, 0.29) is 12.8 Å². The van der Waals surface area contributed by atoms with E-state index in [2.05, 4.69) is 0 Å². The third-order valence-corrected chi connectivity index (χ3v) is 3.67. The molecule has 0 bridgehead atoms. The first-order chi connectivity index (χ1) is 8.88. The maximum atomic E-state index is 9.94. The van der Waals surface area contributed by atoms with Gasteiger partial charge in [-0.25, -0.2) is 0 Å². The molecular weight excluding hydrogens is 256 g/mol. The predicted molar refractivity (Wildman–Crippen MR) is 63.0 cm³/mol. The number of rotatable bonds is 2. The van der Waals surface area contributed by atoms with Crippen LogP contribution in [-0.2, 0) is 14.2 Å². The normalized spacial score (nSPS) is 52.1. The van der Waals surface area contributed by atoms with Crippen molar-refractivity contribution in [1.29, 1.82) is 0 Å². The van der Waals surface area contributed by atoms with Crippen LogP contribution in [0.4, 0.5) is 0 Å². The first-order valence-electron chi connectivity index (χ1n) is 6.57. The highest BCUT2D eigenvalue weighted by Gasteiger charge is 2.40. The third kappa shape index (κ3) is 3.43.